The molecule has 2 amide bonds. The van der Waals surface area contributed by atoms with Crippen LogP contribution in [0.15, 0.2) is 29.8 Å². The van der Waals surface area contributed by atoms with Crippen LogP contribution in [-0.2, 0) is 9.59 Å². The molecule has 2 aliphatic rings. The molecule has 4 nitrogen and oxygen atoms in total. The van der Waals surface area contributed by atoms with Gasteiger partial charge in [-0.2, -0.15) is 0 Å². The first-order valence-electron chi connectivity index (χ1n) is 6.55. The second kappa shape index (κ2) is 4.30. The van der Waals surface area contributed by atoms with Gasteiger partial charge < -0.3 is 0 Å². The maximum Gasteiger partial charge on any atom is 0.239 e. The van der Waals surface area contributed by atoms with E-state index in [1.54, 1.807) is 6.07 Å². The van der Waals surface area contributed by atoms with Crippen molar-refractivity contribution in [3.05, 3.63) is 35.5 Å². The van der Waals surface area contributed by atoms with Crippen LogP contribution in [-0.4, -0.2) is 16.8 Å². The van der Waals surface area contributed by atoms with Gasteiger partial charge in [-0.05, 0) is 38.8 Å². The first kappa shape index (κ1) is 12.1. The molecule has 0 aromatic carbocycles. The maximum absolute atomic E-state index is 12.4. The number of imide groups is 1. The third-order valence-corrected chi connectivity index (χ3v) is 3.93. The van der Waals surface area contributed by atoms with E-state index in [0.717, 1.165) is 5.69 Å². The molecule has 0 bridgehead atoms. The molecule has 2 heterocycles. The van der Waals surface area contributed by atoms with Gasteiger partial charge in [-0.15, -0.1) is 0 Å². The van der Waals surface area contributed by atoms with E-state index in [9.17, 15) is 9.59 Å². The van der Waals surface area contributed by atoms with E-state index in [1.165, 1.54) is 10.5 Å². The third-order valence-electron chi connectivity index (χ3n) is 3.93. The summed E-state index contributed by atoms with van der Waals surface area (Å²) in [6.45, 7) is 3.87. The Morgan fingerprint density at radius 2 is 1.89 bits per heavy atom. The van der Waals surface area contributed by atoms with Crippen LogP contribution in [0.3, 0.4) is 0 Å². The molecule has 1 aromatic heterocycles. The van der Waals surface area contributed by atoms with Crippen LogP contribution in [0.5, 0.6) is 0 Å². The zero-order valence-corrected chi connectivity index (χ0v) is 11.1. The van der Waals surface area contributed by atoms with Crippen molar-refractivity contribution in [2.75, 3.05) is 4.90 Å². The number of carbonyl (C=O) groups is 2. The monoisotopic (exact) mass is 256 g/mol. The number of hydrogen-bond acceptors (Lipinski definition) is 3. The molecule has 0 spiro atoms. The predicted molar refractivity (Wildman–Crippen MR) is 71.4 cm³/mol. The molecule has 1 aliphatic heterocycles. The zero-order valence-electron chi connectivity index (χ0n) is 11.1. The van der Waals surface area contributed by atoms with Gasteiger partial charge in [0.05, 0.1) is 11.8 Å². The lowest BCUT2D eigenvalue weighted by Gasteiger charge is -2.18. The number of rotatable bonds is 1. The van der Waals surface area contributed by atoms with Gasteiger partial charge in [0.25, 0.3) is 0 Å². The van der Waals surface area contributed by atoms with E-state index in [-0.39, 0.29) is 23.7 Å². The molecular weight excluding hydrogens is 240 g/mol. The largest absolute Gasteiger partial charge is 0.274 e. The van der Waals surface area contributed by atoms with Gasteiger partial charge in [0.1, 0.15) is 5.82 Å². The van der Waals surface area contributed by atoms with Crippen molar-refractivity contribution < 1.29 is 9.59 Å². The smallest absolute Gasteiger partial charge is 0.239 e. The Balaban J connectivity index is 1.97. The number of allylic oxidation sites excluding steroid dienone is 2. The van der Waals surface area contributed by atoms with Gasteiger partial charge in [0.2, 0.25) is 11.8 Å². The third kappa shape index (κ3) is 1.87. The Morgan fingerprint density at radius 1 is 1.16 bits per heavy atom. The predicted octanol–water partition coefficient (Wildman–Crippen LogP) is 2.24. The van der Waals surface area contributed by atoms with Crippen molar-refractivity contribution in [2.24, 2.45) is 11.8 Å². The summed E-state index contributed by atoms with van der Waals surface area (Å²) in [6.07, 6.45) is 3.43. The molecule has 1 saturated heterocycles. The highest BCUT2D eigenvalue weighted by Crippen LogP contribution is 2.39. The first-order valence-corrected chi connectivity index (χ1v) is 6.55. The number of fused-ring (bicyclic) bond motifs is 1. The molecule has 0 unspecified atom stereocenters. The lowest BCUT2D eigenvalue weighted by molar-refractivity contribution is -0.122. The van der Waals surface area contributed by atoms with Gasteiger partial charge in [0.15, 0.2) is 0 Å². The number of aryl methyl sites for hydroxylation is 1. The quantitative estimate of drug-likeness (QED) is 0.572. The summed E-state index contributed by atoms with van der Waals surface area (Å²) in [5, 5.41) is 0. The Hall–Kier alpha value is -1.97. The van der Waals surface area contributed by atoms with Crippen molar-refractivity contribution in [3.63, 3.8) is 0 Å². The highest BCUT2D eigenvalue weighted by atomic mass is 16.2. The molecule has 2 atom stereocenters. The average molecular weight is 256 g/mol. The van der Waals surface area contributed by atoms with E-state index in [1.807, 2.05) is 26.0 Å². The molecule has 1 aromatic rings. The maximum atomic E-state index is 12.4. The van der Waals surface area contributed by atoms with E-state index in [2.05, 4.69) is 11.1 Å². The Kier molecular flexibility index (Phi) is 2.73. The minimum Gasteiger partial charge on any atom is -0.274 e. The average Bonchev–Trinajstić information content (AvgIpc) is 2.61. The number of aromatic nitrogens is 1. The summed E-state index contributed by atoms with van der Waals surface area (Å²) in [6, 6.07) is 5.40. The minimum absolute atomic E-state index is 0.0967. The van der Waals surface area contributed by atoms with Crippen LogP contribution in [0.4, 0.5) is 5.82 Å². The lowest BCUT2D eigenvalue weighted by Crippen LogP contribution is -2.31. The summed E-state index contributed by atoms with van der Waals surface area (Å²) in [5.41, 5.74) is 2.00. The molecule has 4 heteroatoms. The number of amides is 2. The molecule has 1 aliphatic carbocycles. The van der Waals surface area contributed by atoms with Crippen molar-refractivity contribution in [1.29, 1.82) is 0 Å². The second-order valence-corrected chi connectivity index (χ2v) is 5.35. The fourth-order valence-corrected chi connectivity index (χ4v) is 2.92. The number of hydrogen-bond donors (Lipinski definition) is 0. The van der Waals surface area contributed by atoms with Gasteiger partial charge in [-0.3, -0.25) is 9.59 Å². The van der Waals surface area contributed by atoms with Crippen molar-refractivity contribution in [1.82, 2.24) is 4.98 Å². The van der Waals surface area contributed by atoms with E-state index in [4.69, 9.17) is 0 Å². The standard InChI is InChI=1S/C15H16N2O2/c1-9-6-7-11-12(8-9)15(19)17(14(11)18)13-5-3-4-10(2)16-13/h3-6,11-12H,7-8H2,1-2H3/t11-,12-/m1/s1. The second-order valence-electron chi connectivity index (χ2n) is 5.35. The summed E-state index contributed by atoms with van der Waals surface area (Å²) >= 11 is 0. The van der Waals surface area contributed by atoms with E-state index < -0.39 is 0 Å². The molecule has 0 N–H and O–H groups in total. The lowest BCUT2D eigenvalue weighted by atomic mass is 9.82. The number of nitrogens with zero attached hydrogens (tertiary/aromatic N) is 2. The van der Waals surface area contributed by atoms with Gasteiger partial charge in [-0.25, -0.2) is 9.88 Å². The van der Waals surface area contributed by atoms with Crippen LogP contribution in [0.2, 0.25) is 0 Å². The Labute approximate surface area is 112 Å². The Bertz CT molecular complexity index is 592. The Morgan fingerprint density at radius 3 is 2.63 bits per heavy atom. The first-order chi connectivity index (χ1) is 9.08. The molecule has 0 saturated carbocycles. The number of pyridine rings is 1. The minimum atomic E-state index is -0.196. The fraction of sp³-hybridized carbons (Fsp3) is 0.400. The fourth-order valence-electron chi connectivity index (χ4n) is 2.92. The van der Waals surface area contributed by atoms with Gasteiger partial charge >= 0.3 is 0 Å². The van der Waals surface area contributed by atoms with Crippen LogP contribution >= 0.6 is 0 Å². The highest BCUT2D eigenvalue weighted by Gasteiger charge is 2.49. The number of anilines is 1. The van der Waals surface area contributed by atoms with Gasteiger partial charge in [0, 0.05) is 5.69 Å². The van der Waals surface area contributed by atoms with Gasteiger partial charge in [-0.1, -0.05) is 17.7 Å². The van der Waals surface area contributed by atoms with Crippen molar-refractivity contribution >= 4 is 17.6 Å². The number of carbonyl (C=O) groups excluding carboxylic acids is 2. The summed E-state index contributed by atoms with van der Waals surface area (Å²) in [4.78, 5) is 30.4. The summed E-state index contributed by atoms with van der Waals surface area (Å²) in [5.74, 6) is -0.127. The van der Waals surface area contributed by atoms with Crippen molar-refractivity contribution in [2.45, 2.75) is 26.7 Å². The molecule has 1 fully saturated rings. The van der Waals surface area contributed by atoms with Crippen LogP contribution in [0, 0.1) is 18.8 Å². The zero-order chi connectivity index (χ0) is 13.6. The molecule has 0 radical (unpaired) electrons. The van der Waals surface area contributed by atoms with E-state index >= 15 is 0 Å². The van der Waals surface area contributed by atoms with Crippen LogP contribution in [0.25, 0.3) is 0 Å². The molecular formula is C15H16N2O2. The summed E-state index contributed by atoms with van der Waals surface area (Å²) in [7, 11) is 0. The SMILES string of the molecule is CC1=CC[C@H]2C(=O)N(c3cccc(C)n3)C(=O)[C@@H]2C1. The topological polar surface area (TPSA) is 50.3 Å². The molecule has 19 heavy (non-hydrogen) atoms. The van der Waals surface area contributed by atoms with Crippen molar-refractivity contribution in [3.8, 4) is 0 Å². The normalized spacial score (nSPS) is 26.4. The summed E-state index contributed by atoms with van der Waals surface area (Å²) < 4.78 is 0. The highest BCUT2D eigenvalue weighted by molar-refractivity contribution is 6.21. The molecule has 3 rings (SSSR count). The van der Waals surface area contributed by atoms with Crippen LogP contribution < -0.4 is 4.90 Å². The van der Waals surface area contributed by atoms with E-state index in [0.29, 0.717) is 18.7 Å². The van der Waals surface area contributed by atoms with Crippen LogP contribution in [0.1, 0.15) is 25.5 Å². The molecule has 98 valence electrons.